The molecule has 0 saturated heterocycles. The molecule has 134 valence electrons. The predicted octanol–water partition coefficient (Wildman–Crippen LogP) is 4.27. The SMILES string of the molecule is O=C(NCC1CC=CCC1)c1cc2ccccc2cc1NC(=O)C1CC1. The van der Waals surface area contributed by atoms with Gasteiger partial charge in [-0.1, -0.05) is 36.4 Å². The van der Waals surface area contributed by atoms with Crippen LogP contribution < -0.4 is 10.6 Å². The van der Waals surface area contributed by atoms with E-state index in [1.54, 1.807) is 0 Å². The molecule has 2 aromatic rings. The summed E-state index contributed by atoms with van der Waals surface area (Å²) in [5, 5.41) is 8.06. The maximum absolute atomic E-state index is 12.8. The standard InChI is InChI=1S/C22H24N2O2/c25-21(16-10-11-16)24-20-13-18-9-5-4-8-17(18)12-19(20)22(26)23-14-15-6-2-1-3-7-15/h1-2,4-5,8-9,12-13,15-16H,3,6-7,10-11,14H2,(H,23,26)(H,24,25). The van der Waals surface area contributed by atoms with Crippen LogP contribution in [-0.2, 0) is 4.79 Å². The van der Waals surface area contributed by atoms with Crippen LogP contribution in [0, 0.1) is 11.8 Å². The molecular formula is C22H24N2O2. The van der Waals surface area contributed by atoms with E-state index in [0.717, 1.165) is 42.9 Å². The highest BCUT2D eigenvalue weighted by molar-refractivity contribution is 6.08. The van der Waals surface area contributed by atoms with Gasteiger partial charge in [0.05, 0.1) is 11.3 Å². The topological polar surface area (TPSA) is 58.2 Å². The molecule has 0 bridgehead atoms. The minimum absolute atomic E-state index is 0.0201. The monoisotopic (exact) mass is 348 g/mol. The number of amides is 2. The van der Waals surface area contributed by atoms with Gasteiger partial charge in [-0.2, -0.15) is 0 Å². The van der Waals surface area contributed by atoms with Crippen LogP contribution in [-0.4, -0.2) is 18.4 Å². The third kappa shape index (κ3) is 3.79. The molecule has 0 radical (unpaired) electrons. The molecule has 4 heteroatoms. The van der Waals surface area contributed by atoms with Gasteiger partial charge in [-0.3, -0.25) is 9.59 Å². The molecule has 1 unspecified atom stereocenters. The van der Waals surface area contributed by atoms with Crippen molar-refractivity contribution < 1.29 is 9.59 Å². The number of fused-ring (bicyclic) bond motifs is 1. The highest BCUT2D eigenvalue weighted by atomic mass is 16.2. The molecule has 4 rings (SSSR count). The summed E-state index contributed by atoms with van der Waals surface area (Å²) in [6.07, 6.45) is 9.49. The van der Waals surface area contributed by atoms with Gasteiger partial charge in [0.1, 0.15) is 0 Å². The van der Waals surface area contributed by atoms with Crippen molar-refractivity contribution in [1.29, 1.82) is 0 Å². The van der Waals surface area contributed by atoms with Crippen molar-refractivity contribution in [3.8, 4) is 0 Å². The van der Waals surface area contributed by atoms with Gasteiger partial charge >= 0.3 is 0 Å². The number of carbonyl (C=O) groups excluding carboxylic acids is 2. The summed E-state index contributed by atoms with van der Waals surface area (Å²) in [7, 11) is 0. The molecule has 1 saturated carbocycles. The zero-order valence-electron chi connectivity index (χ0n) is 14.8. The van der Waals surface area contributed by atoms with Crippen LogP contribution in [0.4, 0.5) is 5.69 Å². The fourth-order valence-electron chi connectivity index (χ4n) is 3.49. The average molecular weight is 348 g/mol. The molecule has 1 atom stereocenters. The van der Waals surface area contributed by atoms with E-state index in [2.05, 4.69) is 22.8 Å². The van der Waals surface area contributed by atoms with Crippen LogP contribution in [0.1, 0.15) is 42.5 Å². The van der Waals surface area contributed by atoms with Crippen molar-refractivity contribution >= 4 is 28.3 Å². The van der Waals surface area contributed by atoms with E-state index in [1.807, 2.05) is 36.4 Å². The third-order valence-electron chi connectivity index (χ3n) is 5.27. The molecule has 2 amide bonds. The predicted molar refractivity (Wildman–Crippen MR) is 104 cm³/mol. The molecule has 0 spiro atoms. The molecule has 4 nitrogen and oxygen atoms in total. The smallest absolute Gasteiger partial charge is 0.253 e. The molecule has 26 heavy (non-hydrogen) atoms. The molecule has 2 aliphatic carbocycles. The first-order valence-electron chi connectivity index (χ1n) is 9.47. The fraction of sp³-hybridized carbons (Fsp3) is 0.364. The van der Waals surface area contributed by atoms with Crippen LogP contribution in [0.3, 0.4) is 0 Å². The first kappa shape index (κ1) is 16.8. The second kappa shape index (κ2) is 7.32. The summed E-state index contributed by atoms with van der Waals surface area (Å²) in [5.74, 6) is 0.503. The second-order valence-electron chi connectivity index (χ2n) is 7.37. The second-order valence-corrected chi connectivity index (χ2v) is 7.37. The van der Waals surface area contributed by atoms with Gasteiger partial charge in [-0.25, -0.2) is 0 Å². The van der Waals surface area contributed by atoms with E-state index in [1.165, 1.54) is 0 Å². The van der Waals surface area contributed by atoms with Gasteiger partial charge in [-0.15, -0.1) is 0 Å². The van der Waals surface area contributed by atoms with Crippen LogP contribution in [0.15, 0.2) is 48.6 Å². The summed E-state index contributed by atoms with van der Waals surface area (Å²) >= 11 is 0. The van der Waals surface area contributed by atoms with Crippen LogP contribution in [0.25, 0.3) is 10.8 Å². The lowest BCUT2D eigenvalue weighted by molar-refractivity contribution is -0.117. The number of nitrogens with one attached hydrogen (secondary N) is 2. The highest BCUT2D eigenvalue weighted by Gasteiger charge is 2.30. The Morgan fingerprint density at radius 1 is 1.00 bits per heavy atom. The van der Waals surface area contributed by atoms with E-state index in [9.17, 15) is 9.59 Å². The average Bonchev–Trinajstić information content (AvgIpc) is 3.52. The summed E-state index contributed by atoms with van der Waals surface area (Å²) < 4.78 is 0. The van der Waals surface area contributed by atoms with Crippen LogP contribution >= 0.6 is 0 Å². The van der Waals surface area contributed by atoms with Crippen molar-refractivity contribution in [2.24, 2.45) is 11.8 Å². The van der Waals surface area contributed by atoms with Gasteiger partial charge in [0, 0.05) is 12.5 Å². The Morgan fingerprint density at radius 3 is 2.46 bits per heavy atom. The lowest BCUT2D eigenvalue weighted by Crippen LogP contribution is -2.30. The Hall–Kier alpha value is -2.62. The first-order valence-corrected chi connectivity index (χ1v) is 9.47. The highest BCUT2D eigenvalue weighted by Crippen LogP contribution is 2.32. The van der Waals surface area contributed by atoms with Gasteiger partial charge in [-0.05, 0) is 60.9 Å². The lowest BCUT2D eigenvalue weighted by Gasteiger charge is -2.19. The molecule has 0 aromatic heterocycles. The van der Waals surface area contributed by atoms with Crippen molar-refractivity contribution in [3.63, 3.8) is 0 Å². The third-order valence-corrected chi connectivity index (χ3v) is 5.27. The molecule has 0 aliphatic heterocycles. The van der Waals surface area contributed by atoms with Gasteiger partial charge in [0.25, 0.3) is 5.91 Å². The maximum atomic E-state index is 12.8. The van der Waals surface area contributed by atoms with Crippen LogP contribution in [0.5, 0.6) is 0 Å². The Labute approximate surface area is 153 Å². The molecular weight excluding hydrogens is 324 g/mol. The van der Waals surface area contributed by atoms with E-state index < -0.39 is 0 Å². The van der Waals surface area contributed by atoms with Crippen molar-refractivity contribution in [2.45, 2.75) is 32.1 Å². The minimum Gasteiger partial charge on any atom is -0.352 e. The summed E-state index contributed by atoms with van der Waals surface area (Å²) in [4.78, 5) is 25.1. The largest absolute Gasteiger partial charge is 0.352 e. The van der Waals surface area contributed by atoms with Gasteiger partial charge in [0.15, 0.2) is 0 Å². The Bertz CT molecular complexity index is 868. The van der Waals surface area contributed by atoms with E-state index >= 15 is 0 Å². The Morgan fingerprint density at radius 2 is 1.77 bits per heavy atom. The van der Waals surface area contributed by atoms with Crippen LogP contribution in [0.2, 0.25) is 0 Å². The zero-order chi connectivity index (χ0) is 17.9. The van der Waals surface area contributed by atoms with Crippen molar-refractivity contribution in [1.82, 2.24) is 5.32 Å². The number of anilines is 1. The van der Waals surface area contributed by atoms with E-state index in [4.69, 9.17) is 0 Å². The normalized spacial score (nSPS) is 19.3. The number of allylic oxidation sites excluding steroid dienone is 2. The molecule has 0 heterocycles. The van der Waals surface area contributed by atoms with Gasteiger partial charge in [0.2, 0.25) is 5.91 Å². The Kier molecular flexibility index (Phi) is 4.74. The van der Waals surface area contributed by atoms with E-state index in [-0.39, 0.29) is 17.7 Å². The van der Waals surface area contributed by atoms with Gasteiger partial charge < -0.3 is 10.6 Å². The zero-order valence-corrected chi connectivity index (χ0v) is 14.8. The summed E-state index contributed by atoms with van der Waals surface area (Å²) in [5.41, 5.74) is 1.16. The number of hydrogen-bond donors (Lipinski definition) is 2. The molecule has 2 N–H and O–H groups in total. The molecule has 1 fully saturated rings. The Balaban J connectivity index is 1.57. The number of hydrogen-bond acceptors (Lipinski definition) is 2. The summed E-state index contributed by atoms with van der Waals surface area (Å²) in [6.45, 7) is 0.673. The minimum atomic E-state index is -0.114. The molecule has 2 aromatic carbocycles. The maximum Gasteiger partial charge on any atom is 0.253 e. The lowest BCUT2D eigenvalue weighted by atomic mass is 9.94. The number of carbonyl (C=O) groups is 2. The number of benzene rings is 2. The van der Waals surface area contributed by atoms with Crippen molar-refractivity contribution in [3.05, 3.63) is 54.1 Å². The summed E-state index contributed by atoms with van der Waals surface area (Å²) in [6, 6.07) is 11.7. The fourth-order valence-corrected chi connectivity index (χ4v) is 3.49. The quantitative estimate of drug-likeness (QED) is 0.793. The number of rotatable bonds is 5. The first-order chi connectivity index (χ1) is 12.7. The van der Waals surface area contributed by atoms with Crippen molar-refractivity contribution in [2.75, 3.05) is 11.9 Å². The molecule has 2 aliphatic rings. The van der Waals surface area contributed by atoms with E-state index in [0.29, 0.717) is 23.7 Å².